The summed E-state index contributed by atoms with van der Waals surface area (Å²) in [7, 11) is 0. The van der Waals surface area contributed by atoms with Crippen molar-refractivity contribution in [2.45, 2.75) is 92.0 Å². The highest BCUT2D eigenvalue weighted by Gasteiger charge is 2.37. The molecule has 3 unspecified atom stereocenters. The molecule has 1 nitrogen and oxygen atoms in total. The Bertz CT molecular complexity index is 301. The van der Waals surface area contributed by atoms with E-state index in [2.05, 4.69) is 39.9 Å². The molecule has 2 saturated carbocycles. The molecule has 0 radical (unpaired) electrons. The quantitative estimate of drug-likeness (QED) is 0.668. The molecule has 0 spiro atoms. The van der Waals surface area contributed by atoms with Gasteiger partial charge < -0.3 is 5.32 Å². The summed E-state index contributed by atoms with van der Waals surface area (Å²) >= 11 is 0. The van der Waals surface area contributed by atoms with Crippen molar-refractivity contribution in [1.82, 2.24) is 5.32 Å². The average molecular weight is 294 g/mol. The number of nitrogens with one attached hydrogen (secondary N) is 1. The van der Waals surface area contributed by atoms with E-state index in [0.29, 0.717) is 5.41 Å². The van der Waals surface area contributed by atoms with Gasteiger partial charge in [0.25, 0.3) is 0 Å². The molecule has 0 heterocycles. The Balaban J connectivity index is 1.94. The Morgan fingerprint density at radius 3 is 2.29 bits per heavy atom. The molecule has 0 saturated heterocycles. The maximum absolute atomic E-state index is 4.07. The van der Waals surface area contributed by atoms with E-state index in [1.54, 1.807) is 0 Å². The van der Waals surface area contributed by atoms with Crippen LogP contribution in [0.4, 0.5) is 0 Å². The molecular formula is C20H39N. The first-order valence-electron chi connectivity index (χ1n) is 9.65. The van der Waals surface area contributed by atoms with Gasteiger partial charge in [-0.15, -0.1) is 0 Å². The lowest BCUT2D eigenvalue weighted by atomic mass is 9.73. The SMILES string of the molecule is CC(C)CC1(CNC2CC(C)CCC2C(C)C)CCCC1. The van der Waals surface area contributed by atoms with Crippen LogP contribution in [-0.2, 0) is 0 Å². The summed E-state index contributed by atoms with van der Waals surface area (Å²) in [6, 6.07) is 0.776. The summed E-state index contributed by atoms with van der Waals surface area (Å²) in [6.07, 6.45) is 11.6. The summed E-state index contributed by atoms with van der Waals surface area (Å²) in [6.45, 7) is 13.4. The highest BCUT2D eigenvalue weighted by molar-refractivity contribution is 4.91. The summed E-state index contributed by atoms with van der Waals surface area (Å²) < 4.78 is 0. The van der Waals surface area contributed by atoms with Crippen molar-refractivity contribution in [1.29, 1.82) is 0 Å². The van der Waals surface area contributed by atoms with E-state index in [0.717, 1.165) is 29.7 Å². The molecule has 1 heteroatoms. The molecule has 3 atom stereocenters. The van der Waals surface area contributed by atoms with Crippen LogP contribution in [0, 0.1) is 29.1 Å². The van der Waals surface area contributed by atoms with Crippen LogP contribution in [0.3, 0.4) is 0 Å². The Morgan fingerprint density at radius 1 is 1.05 bits per heavy atom. The molecule has 1 N–H and O–H groups in total. The lowest BCUT2D eigenvalue weighted by Gasteiger charge is -2.41. The van der Waals surface area contributed by atoms with Crippen LogP contribution in [0.1, 0.15) is 86.0 Å². The first-order valence-corrected chi connectivity index (χ1v) is 9.65. The molecule has 2 aliphatic rings. The van der Waals surface area contributed by atoms with Gasteiger partial charge in [-0.3, -0.25) is 0 Å². The van der Waals surface area contributed by atoms with E-state index in [1.165, 1.54) is 57.9 Å². The second-order valence-corrected chi connectivity index (χ2v) is 9.12. The molecule has 0 aromatic heterocycles. The van der Waals surface area contributed by atoms with E-state index < -0.39 is 0 Å². The van der Waals surface area contributed by atoms with Gasteiger partial charge in [-0.2, -0.15) is 0 Å². The minimum atomic E-state index is 0.621. The van der Waals surface area contributed by atoms with Gasteiger partial charge in [0.15, 0.2) is 0 Å². The minimum Gasteiger partial charge on any atom is -0.313 e. The lowest BCUT2D eigenvalue weighted by Crippen LogP contribution is -2.47. The van der Waals surface area contributed by atoms with Crippen LogP contribution >= 0.6 is 0 Å². The van der Waals surface area contributed by atoms with Gasteiger partial charge in [0.2, 0.25) is 0 Å². The zero-order valence-corrected chi connectivity index (χ0v) is 15.3. The van der Waals surface area contributed by atoms with E-state index in [4.69, 9.17) is 0 Å². The molecule has 0 aromatic rings. The van der Waals surface area contributed by atoms with Crippen LogP contribution in [0.5, 0.6) is 0 Å². The highest BCUT2D eigenvalue weighted by Crippen LogP contribution is 2.43. The van der Waals surface area contributed by atoms with E-state index in [1.807, 2.05) is 0 Å². The average Bonchev–Trinajstić information content (AvgIpc) is 2.84. The van der Waals surface area contributed by atoms with Gasteiger partial charge >= 0.3 is 0 Å². The summed E-state index contributed by atoms with van der Waals surface area (Å²) in [4.78, 5) is 0. The monoisotopic (exact) mass is 293 g/mol. The van der Waals surface area contributed by atoms with Gasteiger partial charge in [0.05, 0.1) is 0 Å². The van der Waals surface area contributed by atoms with Crippen molar-refractivity contribution < 1.29 is 0 Å². The van der Waals surface area contributed by atoms with Crippen molar-refractivity contribution in [3.63, 3.8) is 0 Å². The second-order valence-electron chi connectivity index (χ2n) is 9.12. The Morgan fingerprint density at radius 2 is 1.71 bits per heavy atom. The number of hydrogen-bond donors (Lipinski definition) is 1. The van der Waals surface area contributed by atoms with E-state index in [9.17, 15) is 0 Å². The Hall–Kier alpha value is -0.0400. The van der Waals surface area contributed by atoms with Crippen molar-refractivity contribution in [2.24, 2.45) is 29.1 Å². The summed E-state index contributed by atoms with van der Waals surface area (Å²) in [5.74, 6) is 3.50. The fourth-order valence-electron chi connectivity index (χ4n) is 5.23. The summed E-state index contributed by atoms with van der Waals surface area (Å²) in [5, 5.41) is 4.07. The lowest BCUT2D eigenvalue weighted by molar-refractivity contribution is 0.140. The zero-order valence-electron chi connectivity index (χ0n) is 15.3. The first-order chi connectivity index (χ1) is 9.92. The maximum atomic E-state index is 4.07. The molecule has 0 bridgehead atoms. The molecule has 2 rings (SSSR count). The molecule has 0 amide bonds. The predicted molar refractivity (Wildman–Crippen MR) is 93.5 cm³/mol. The van der Waals surface area contributed by atoms with E-state index in [-0.39, 0.29) is 0 Å². The molecule has 2 aliphatic carbocycles. The third kappa shape index (κ3) is 4.71. The zero-order chi connectivity index (χ0) is 15.5. The van der Waals surface area contributed by atoms with Crippen molar-refractivity contribution in [2.75, 3.05) is 6.54 Å². The first kappa shape index (κ1) is 17.3. The van der Waals surface area contributed by atoms with Gasteiger partial charge in [-0.05, 0) is 61.2 Å². The fraction of sp³-hybridized carbons (Fsp3) is 1.00. The highest BCUT2D eigenvalue weighted by atomic mass is 14.9. The maximum Gasteiger partial charge on any atom is 0.0100 e. The fourth-order valence-corrected chi connectivity index (χ4v) is 5.23. The van der Waals surface area contributed by atoms with Crippen LogP contribution in [0.15, 0.2) is 0 Å². The van der Waals surface area contributed by atoms with Crippen LogP contribution in [0.2, 0.25) is 0 Å². The van der Waals surface area contributed by atoms with Gasteiger partial charge in [-0.25, -0.2) is 0 Å². The normalized spacial score (nSPS) is 33.0. The van der Waals surface area contributed by atoms with Gasteiger partial charge in [0, 0.05) is 12.6 Å². The van der Waals surface area contributed by atoms with E-state index >= 15 is 0 Å². The summed E-state index contributed by atoms with van der Waals surface area (Å²) in [5.41, 5.74) is 0.621. The Labute approximate surface area is 133 Å². The van der Waals surface area contributed by atoms with Crippen LogP contribution in [-0.4, -0.2) is 12.6 Å². The second kappa shape index (κ2) is 7.49. The molecular weight excluding hydrogens is 254 g/mol. The number of hydrogen-bond acceptors (Lipinski definition) is 1. The van der Waals surface area contributed by atoms with Crippen LogP contribution < -0.4 is 5.32 Å². The molecule has 21 heavy (non-hydrogen) atoms. The largest absolute Gasteiger partial charge is 0.313 e. The predicted octanol–water partition coefficient (Wildman–Crippen LogP) is 5.64. The molecule has 0 aromatic carbocycles. The van der Waals surface area contributed by atoms with Crippen molar-refractivity contribution in [3.8, 4) is 0 Å². The van der Waals surface area contributed by atoms with Gasteiger partial charge in [0.1, 0.15) is 0 Å². The Kier molecular flexibility index (Phi) is 6.17. The van der Waals surface area contributed by atoms with Crippen molar-refractivity contribution in [3.05, 3.63) is 0 Å². The molecule has 0 aliphatic heterocycles. The molecule has 2 fully saturated rings. The minimum absolute atomic E-state index is 0.621. The third-order valence-corrected chi connectivity index (χ3v) is 6.27. The van der Waals surface area contributed by atoms with Crippen molar-refractivity contribution >= 4 is 0 Å². The smallest absolute Gasteiger partial charge is 0.0100 e. The van der Waals surface area contributed by atoms with Crippen LogP contribution in [0.25, 0.3) is 0 Å². The molecule has 124 valence electrons. The van der Waals surface area contributed by atoms with Gasteiger partial charge in [-0.1, -0.05) is 53.9 Å². The topological polar surface area (TPSA) is 12.0 Å². The third-order valence-electron chi connectivity index (χ3n) is 6.27. The number of rotatable bonds is 6. The standard InChI is InChI=1S/C20H39N/c1-15(2)13-20(10-6-7-11-20)14-21-19-12-17(5)8-9-18(19)16(3)4/h15-19,21H,6-14H2,1-5H3.